The highest BCUT2D eigenvalue weighted by Crippen LogP contribution is 2.38. The largest absolute Gasteiger partial charge is 0.358 e. The number of carbonyl (C=O) groups is 1. The standard InChI is InChI=1S/C15H23N3O3S2/c1-10-4-5-12(22-10)8-17-7-11-6-13(15(19)16-2)18(14(11)9-17)23(3,20)21/h4-5,11,13-14H,6-9H2,1-3H3,(H,16,19)/t11-,13-,14+/m1/s1. The van der Waals surface area contributed by atoms with Crippen LogP contribution in [0.4, 0.5) is 0 Å². The van der Waals surface area contributed by atoms with Crippen molar-refractivity contribution >= 4 is 27.3 Å². The Kier molecular flexibility index (Phi) is 4.52. The Bertz CT molecular complexity index is 701. The van der Waals surface area contributed by atoms with Crippen LogP contribution < -0.4 is 5.32 Å². The van der Waals surface area contributed by atoms with Crippen molar-refractivity contribution in [3.8, 4) is 0 Å². The minimum absolute atomic E-state index is 0.0895. The van der Waals surface area contributed by atoms with E-state index in [2.05, 4.69) is 29.3 Å². The van der Waals surface area contributed by atoms with Gasteiger partial charge in [0.1, 0.15) is 6.04 Å². The quantitative estimate of drug-likeness (QED) is 0.858. The summed E-state index contributed by atoms with van der Waals surface area (Å²) in [6.45, 7) is 4.49. The highest BCUT2D eigenvalue weighted by molar-refractivity contribution is 7.88. The number of likely N-dealkylation sites (N-methyl/N-ethyl adjacent to an activating group) is 1. The van der Waals surface area contributed by atoms with Crippen molar-refractivity contribution in [1.82, 2.24) is 14.5 Å². The molecule has 1 N–H and O–H groups in total. The fourth-order valence-electron chi connectivity index (χ4n) is 3.87. The maximum Gasteiger partial charge on any atom is 0.238 e. The molecule has 2 aliphatic rings. The smallest absolute Gasteiger partial charge is 0.238 e. The van der Waals surface area contributed by atoms with Gasteiger partial charge in [-0.3, -0.25) is 9.69 Å². The number of rotatable bonds is 4. The molecule has 0 radical (unpaired) electrons. The number of aryl methyl sites for hydroxylation is 1. The summed E-state index contributed by atoms with van der Waals surface area (Å²) in [7, 11) is -1.85. The molecule has 8 heteroatoms. The van der Waals surface area contributed by atoms with Gasteiger partial charge in [0, 0.05) is 42.5 Å². The number of likely N-dealkylation sites (tertiary alicyclic amines) is 1. The molecule has 2 fully saturated rings. The Morgan fingerprint density at radius 1 is 1.39 bits per heavy atom. The molecule has 2 saturated heterocycles. The van der Waals surface area contributed by atoms with Gasteiger partial charge in [0.2, 0.25) is 15.9 Å². The number of hydrogen-bond acceptors (Lipinski definition) is 5. The molecule has 1 aromatic heterocycles. The van der Waals surface area contributed by atoms with E-state index in [-0.39, 0.29) is 17.9 Å². The van der Waals surface area contributed by atoms with Gasteiger partial charge in [0.05, 0.1) is 6.26 Å². The molecule has 0 aromatic carbocycles. The van der Waals surface area contributed by atoms with E-state index in [1.54, 1.807) is 18.4 Å². The number of thiophene rings is 1. The molecule has 0 aliphatic carbocycles. The van der Waals surface area contributed by atoms with Crippen LogP contribution in [-0.4, -0.2) is 62.0 Å². The summed E-state index contributed by atoms with van der Waals surface area (Å²) in [5.74, 6) is 0.0262. The van der Waals surface area contributed by atoms with Crippen molar-refractivity contribution in [2.24, 2.45) is 5.92 Å². The Labute approximate surface area is 141 Å². The summed E-state index contributed by atoms with van der Waals surface area (Å²) in [5.41, 5.74) is 0. The van der Waals surface area contributed by atoms with Crippen LogP contribution >= 0.6 is 11.3 Å². The third-order valence-electron chi connectivity index (χ3n) is 4.75. The highest BCUT2D eigenvalue weighted by Gasteiger charge is 2.52. The van der Waals surface area contributed by atoms with Gasteiger partial charge in [-0.2, -0.15) is 4.31 Å². The summed E-state index contributed by atoms with van der Waals surface area (Å²) in [6, 6.07) is 3.60. The molecule has 128 valence electrons. The van der Waals surface area contributed by atoms with Crippen LogP contribution in [0.1, 0.15) is 16.2 Å². The molecule has 3 atom stereocenters. The Morgan fingerprint density at radius 2 is 2.13 bits per heavy atom. The van der Waals surface area contributed by atoms with Crippen molar-refractivity contribution in [3.05, 3.63) is 21.9 Å². The molecule has 0 saturated carbocycles. The number of amides is 1. The first-order chi connectivity index (χ1) is 10.8. The zero-order valence-corrected chi connectivity index (χ0v) is 15.3. The van der Waals surface area contributed by atoms with Gasteiger partial charge in [-0.25, -0.2) is 8.42 Å². The number of carbonyl (C=O) groups excluding carboxylic acids is 1. The summed E-state index contributed by atoms with van der Waals surface area (Å²) in [5, 5.41) is 2.60. The van der Waals surface area contributed by atoms with Crippen LogP contribution in [0.5, 0.6) is 0 Å². The van der Waals surface area contributed by atoms with Gasteiger partial charge in [-0.15, -0.1) is 11.3 Å². The first-order valence-electron chi connectivity index (χ1n) is 7.77. The third-order valence-corrected chi connectivity index (χ3v) is 7.03. The van der Waals surface area contributed by atoms with Crippen LogP contribution in [0, 0.1) is 12.8 Å². The van der Waals surface area contributed by atoms with Gasteiger partial charge in [0.25, 0.3) is 0 Å². The van der Waals surface area contributed by atoms with Gasteiger partial charge in [-0.05, 0) is 31.4 Å². The van der Waals surface area contributed by atoms with E-state index in [4.69, 9.17) is 0 Å². The van der Waals surface area contributed by atoms with Gasteiger partial charge in [0.15, 0.2) is 0 Å². The topological polar surface area (TPSA) is 69.7 Å². The minimum Gasteiger partial charge on any atom is -0.358 e. The van der Waals surface area contributed by atoms with Gasteiger partial charge < -0.3 is 5.32 Å². The maximum atomic E-state index is 12.2. The van der Waals surface area contributed by atoms with E-state index in [1.165, 1.54) is 20.3 Å². The fraction of sp³-hybridized carbons (Fsp3) is 0.667. The summed E-state index contributed by atoms with van der Waals surface area (Å²) >= 11 is 1.78. The molecule has 0 spiro atoms. The average Bonchev–Trinajstić information content (AvgIpc) is 3.10. The second kappa shape index (κ2) is 6.16. The Balaban J connectivity index is 1.75. The van der Waals surface area contributed by atoms with E-state index in [9.17, 15) is 13.2 Å². The molecule has 1 amide bonds. The van der Waals surface area contributed by atoms with Crippen LogP contribution in [0.2, 0.25) is 0 Å². The molecule has 0 unspecified atom stereocenters. The zero-order valence-electron chi connectivity index (χ0n) is 13.7. The molecular weight excluding hydrogens is 334 g/mol. The molecule has 2 aliphatic heterocycles. The molecule has 1 aromatic rings. The third kappa shape index (κ3) is 3.31. The molecule has 0 bridgehead atoms. The molecule has 23 heavy (non-hydrogen) atoms. The number of hydrogen-bond donors (Lipinski definition) is 1. The number of nitrogens with zero attached hydrogens (tertiary/aromatic N) is 2. The first kappa shape index (κ1) is 16.9. The lowest BCUT2D eigenvalue weighted by atomic mass is 10.0. The predicted molar refractivity (Wildman–Crippen MR) is 90.8 cm³/mol. The lowest BCUT2D eigenvalue weighted by molar-refractivity contribution is -0.124. The summed E-state index contributed by atoms with van der Waals surface area (Å²) in [4.78, 5) is 16.9. The normalized spacial score (nSPS) is 28.9. The maximum absolute atomic E-state index is 12.2. The average molecular weight is 358 g/mol. The monoisotopic (exact) mass is 357 g/mol. The SMILES string of the molecule is CNC(=O)[C@H]1C[C@@H]2CN(Cc3ccc(C)s3)C[C@@H]2N1S(C)(=O)=O. The van der Waals surface area contributed by atoms with Gasteiger partial charge in [-0.1, -0.05) is 0 Å². The van der Waals surface area contributed by atoms with Crippen molar-refractivity contribution in [2.75, 3.05) is 26.4 Å². The van der Waals surface area contributed by atoms with E-state index in [1.807, 2.05) is 0 Å². The first-order valence-corrected chi connectivity index (χ1v) is 10.4. The van der Waals surface area contributed by atoms with E-state index in [0.717, 1.165) is 13.1 Å². The van der Waals surface area contributed by atoms with Crippen molar-refractivity contribution < 1.29 is 13.2 Å². The predicted octanol–water partition coefficient (Wildman–Crippen LogP) is 0.637. The van der Waals surface area contributed by atoms with Crippen molar-refractivity contribution in [1.29, 1.82) is 0 Å². The summed E-state index contributed by atoms with van der Waals surface area (Å²) < 4.78 is 25.9. The van der Waals surface area contributed by atoms with Gasteiger partial charge >= 0.3 is 0 Å². The van der Waals surface area contributed by atoms with Crippen LogP contribution in [0.15, 0.2) is 12.1 Å². The number of fused-ring (bicyclic) bond motifs is 1. The van der Waals surface area contributed by atoms with E-state index in [0.29, 0.717) is 13.0 Å². The minimum atomic E-state index is -3.40. The fourth-order valence-corrected chi connectivity index (χ4v) is 6.18. The van der Waals surface area contributed by atoms with Crippen LogP contribution in [0.25, 0.3) is 0 Å². The lowest BCUT2D eigenvalue weighted by Gasteiger charge is -2.27. The number of nitrogens with one attached hydrogen (secondary N) is 1. The van der Waals surface area contributed by atoms with E-state index < -0.39 is 16.1 Å². The Morgan fingerprint density at radius 3 is 2.70 bits per heavy atom. The second-order valence-electron chi connectivity index (χ2n) is 6.49. The highest BCUT2D eigenvalue weighted by atomic mass is 32.2. The molecular formula is C15H23N3O3S2. The van der Waals surface area contributed by atoms with E-state index >= 15 is 0 Å². The number of sulfonamides is 1. The zero-order chi connectivity index (χ0) is 16.8. The van der Waals surface area contributed by atoms with Crippen LogP contribution in [0.3, 0.4) is 0 Å². The second-order valence-corrected chi connectivity index (χ2v) is 9.75. The van der Waals surface area contributed by atoms with Crippen molar-refractivity contribution in [3.63, 3.8) is 0 Å². The molecule has 6 nitrogen and oxygen atoms in total. The van der Waals surface area contributed by atoms with Crippen LogP contribution in [-0.2, 0) is 21.4 Å². The molecule has 3 rings (SSSR count). The molecule has 3 heterocycles. The lowest BCUT2D eigenvalue weighted by Crippen LogP contribution is -2.49. The summed E-state index contributed by atoms with van der Waals surface area (Å²) in [6.07, 6.45) is 1.81. The Hall–Kier alpha value is -0.960. The van der Waals surface area contributed by atoms with Crippen molar-refractivity contribution in [2.45, 2.75) is 32.0 Å².